The molecule has 0 fully saturated rings. The summed E-state index contributed by atoms with van der Waals surface area (Å²) >= 11 is 0. The van der Waals surface area contributed by atoms with Crippen LogP contribution in [0.2, 0.25) is 0 Å². The van der Waals surface area contributed by atoms with Gasteiger partial charge in [0.15, 0.2) is 46.7 Å². The molecule has 16 heteroatoms. The lowest BCUT2D eigenvalue weighted by Gasteiger charge is -1.98. The molecule has 5 rings (SSSR count). The van der Waals surface area contributed by atoms with Crippen molar-refractivity contribution in [3.8, 4) is 0 Å². The van der Waals surface area contributed by atoms with Crippen molar-refractivity contribution in [3.05, 3.63) is 45.6 Å². The monoisotopic (exact) mass is 432 g/mol. The van der Waals surface area contributed by atoms with Gasteiger partial charge in [0, 0.05) is 0 Å². The van der Waals surface area contributed by atoms with Crippen LogP contribution in [0.25, 0.3) is 0 Å². The van der Waals surface area contributed by atoms with Gasteiger partial charge in [-0.25, -0.2) is 39.9 Å². The molecule has 0 aromatic rings. The lowest BCUT2D eigenvalue weighted by Crippen LogP contribution is -2.19. The Balaban J connectivity index is 1.79. The van der Waals surface area contributed by atoms with E-state index < -0.39 is 0 Å². The Kier molecular flexibility index (Phi) is 3.58. The molecule has 0 aliphatic carbocycles. The fourth-order valence-electron chi connectivity index (χ4n) is 2.93. The average Bonchev–Trinajstić information content (AvgIpc) is 3.37. The maximum Gasteiger partial charge on any atom is 0.182 e. The molecule has 5 heterocycles. The number of hydrogen-bond acceptors (Lipinski definition) is 16. The summed E-state index contributed by atoms with van der Waals surface area (Å²) in [6, 6.07) is 0. The van der Waals surface area contributed by atoms with Gasteiger partial charge in [0.2, 0.25) is 0 Å². The Morgan fingerprint density at radius 2 is 0.312 bits per heavy atom. The van der Waals surface area contributed by atoms with Crippen LogP contribution in [0, 0.1) is 0 Å². The maximum absolute atomic E-state index is 6.03. The van der Waals surface area contributed by atoms with Gasteiger partial charge in [-0.2, -0.15) is 0 Å². The SMILES string of the molecule is NC1=C(N)C2=NC3=NC(=NC4=NC(=NC5=NC(=NC1=N2)C(N)=C5N)C(N)=C4N)C(N)=C3N. The Bertz CT molecular complexity index is 1180. The zero-order valence-electron chi connectivity index (χ0n) is 16.2. The minimum atomic E-state index is 0.0181. The maximum atomic E-state index is 6.03. The molecule has 0 amide bonds. The second-order valence-electron chi connectivity index (χ2n) is 6.79. The first kappa shape index (κ1) is 18.7. The summed E-state index contributed by atoms with van der Waals surface area (Å²) in [5.74, 6) is 0.145. The topological polar surface area (TPSA) is 307 Å². The van der Waals surface area contributed by atoms with Crippen LogP contribution >= 0.6 is 0 Å². The highest BCUT2D eigenvalue weighted by atomic mass is 15.2. The van der Waals surface area contributed by atoms with Crippen molar-refractivity contribution in [1.29, 1.82) is 0 Å². The van der Waals surface area contributed by atoms with Crippen molar-refractivity contribution < 1.29 is 0 Å². The van der Waals surface area contributed by atoms with Gasteiger partial charge in [0.25, 0.3) is 0 Å². The molecule has 5 aliphatic heterocycles. The van der Waals surface area contributed by atoms with Crippen LogP contribution in [-0.4, -0.2) is 46.7 Å². The van der Waals surface area contributed by atoms with Gasteiger partial charge in [0.1, 0.15) is 45.6 Å². The number of nitrogens with zero attached hydrogens (tertiary/aromatic N) is 8. The van der Waals surface area contributed by atoms with Crippen molar-refractivity contribution in [2.45, 2.75) is 0 Å². The van der Waals surface area contributed by atoms with Gasteiger partial charge in [-0.05, 0) is 0 Å². The molecule has 0 atom stereocenters. The molecular weight excluding hydrogens is 416 g/mol. The van der Waals surface area contributed by atoms with E-state index >= 15 is 0 Å². The molecule has 8 bridgehead atoms. The van der Waals surface area contributed by atoms with Crippen molar-refractivity contribution >= 4 is 46.7 Å². The molecule has 0 saturated heterocycles. The lowest BCUT2D eigenvalue weighted by atomic mass is 10.3. The van der Waals surface area contributed by atoms with Crippen LogP contribution in [0.1, 0.15) is 0 Å². The molecule has 160 valence electrons. The van der Waals surface area contributed by atoms with E-state index in [0.29, 0.717) is 0 Å². The van der Waals surface area contributed by atoms with E-state index in [2.05, 4.69) is 39.9 Å². The summed E-state index contributed by atoms with van der Waals surface area (Å²) in [6.07, 6.45) is 0. The number of hydrogen-bond donors (Lipinski definition) is 8. The molecule has 16 N–H and O–H groups in total. The number of aliphatic imine (C=N–C) groups is 8. The van der Waals surface area contributed by atoms with Crippen molar-refractivity contribution in [3.63, 3.8) is 0 Å². The third kappa shape index (κ3) is 2.49. The second-order valence-corrected chi connectivity index (χ2v) is 6.79. The van der Waals surface area contributed by atoms with E-state index in [9.17, 15) is 0 Å². The molecule has 0 aromatic heterocycles. The third-order valence-electron chi connectivity index (χ3n) is 4.78. The predicted molar refractivity (Wildman–Crippen MR) is 121 cm³/mol. The van der Waals surface area contributed by atoms with E-state index in [4.69, 9.17) is 45.9 Å². The van der Waals surface area contributed by atoms with Gasteiger partial charge in [-0.3, -0.25) is 0 Å². The average molecular weight is 432 g/mol. The van der Waals surface area contributed by atoms with Gasteiger partial charge >= 0.3 is 0 Å². The number of amidine groups is 8. The van der Waals surface area contributed by atoms with Gasteiger partial charge in [-0.1, -0.05) is 0 Å². The smallest absolute Gasteiger partial charge is 0.182 e. The summed E-state index contributed by atoms with van der Waals surface area (Å²) in [4.78, 5) is 33.9. The largest absolute Gasteiger partial charge is 0.394 e. The molecular formula is C16H16N16. The summed E-state index contributed by atoms with van der Waals surface area (Å²) in [5.41, 5.74) is 48.7. The third-order valence-corrected chi connectivity index (χ3v) is 4.78. The van der Waals surface area contributed by atoms with Gasteiger partial charge in [-0.15, -0.1) is 0 Å². The first-order valence-corrected chi connectivity index (χ1v) is 8.89. The summed E-state index contributed by atoms with van der Waals surface area (Å²) in [7, 11) is 0. The summed E-state index contributed by atoms with van der Waals surface area (Å²) in [6.45, 7) is 0. The Morgan fingerprint density at radius 3 is 0.406 bits per heavy atom. The minimum absolute atomic E-state index is 0.0181. The molecule has 0 radical (unpaired) electrons. The Hall–Kier alpha value is -5.28. The standard InChI is InChI=1S/C16H16N16/c17-1-2(18)10-25-9(1)29-11-3(19)4(20)13(26-11)31-15-7(23)8(24)16(28-15)32-14-6(22)5(21)12(27-14)30-10/h17-24H2. The quantitative estimate of drug-likeness (QED) is 0.185. The zero-order valence-corrected chi connectivity index (χ0v) is 16.2. The van der Waals surface area contributed by atoms with E-state index in [-0.39, 0.29) is 92.3 Å². The van der Waals surface area contributed by atoms with E-state index in [1.54, 1.807) is 0 Å². The first-order valence-electron chi connectivity index (χ1n) is 8.89. The van der Waals surface area contributed by atoms with Gasteiger partial charge < -0.3 is 45.9 Å². The second kappa shape index (κ2) is 6.11. The molecule has 5 aliphatic rings. The number of nitrogens with two attached hydrogens (primary N) is 8. The fraction of sp³-hybridized carbons (Fsp3) is 0. The summed E-state index contributed by atoms with van der Waals surface area (Å²) in [5, 5.41) is 0. The Morgan fingerprint density at radius 1 is 0.219 bits per heavy atom. The van der Waals surface area contributed by atoms with Crippen LogP contribution in [0.3, 0.4) is 0 Å². The molecule has 0 unspecified atom stereocenters. The predicted octanol–water partition coefficient (Wildman–Crippen LogP) is -4.24. The van der Waals surface area contributed by atoms with E-state index in [1.165, 1.54) is 0 Å². The first-order chi connectivity index (χ1) is 15.2. The van der Waals surface area contributed by atoms with Crippen LogP contribution < -0.4 is 45.9 Å². The molecule has 0 aromatic carbocycles. The zero-order chi connectivity index (χ0) is 22.9. The van der Waals surface area contributed by atoms with Crippen molar-refractivity contribution in [2.24, 2.45) is 85.8 Å². The summed E-state index contributed by atoms with van der Waals surface area (Å²) < 4.78 is 0. The van der Waals surface area contributed by atoms with Crippen LogP contribution in [0.5, 0.6) is 0 Å². The number of fused-ring (bicyclic) bond motifs is 4. The lowest BCUT2D eigenvalue weighted by molar-refractivity contribution is 1.32. The van der Waals surface area contributed by atoms with E-state index in [1.807, 2.05) is 0 Å². The van der Waals surface area contributed by atoms with Crippen LogP contribution in [-0.2, 0) is 0 Å². The fourth-order valence-corrected chi connectivity index (χ4v) is 2.93. The number of rotatable bonds is 0. The molecule has 0 spiro atoms. The van der Waals surface area contributed by atoms with E-state index in [0.717, 1.165) is 0 Å². The molecule has 16 nitrogen and oxygen atoms in total. The normalized spacial score (nSPS) is 22.5. The van der Waals surface area contributed by atoms with Crippen LogP contribution in [0.4, 0.5) is 0 Å². The highest BCUT2D eigenvalue weighted by Crippen LogP contribution is 2.20. The van der Waals surface area contributed by atoms with Crippen molar-refractivity contribution in [2.75, 3.05) is 0 Å². The minimum Gasteiger partial charge on any atom is -0.394 e. The van der Waals surface area contributed by atoms with Gasteiger partial charge in [0.05, 0.1) is 0 Å². The Labute approximate surface area is 178 Å². The molecule has 0 saturated carbocycles. The van der Waals surface area contributed by atoms with Crippen molar-refractivity contribution in [1.82, 2.24) is 0 Å². The molecule has 32 heavy (non-hydrogen) atoms. The highest BCUT2D eigenvalue weighted by molar-refractivity contribution is 6.32. The van der Waals surface area contributed by atoms with Crippen LogP contribution in [0.15, 0.2) is 85.5 Å². The highest BCUT2D eigenvalue weighted by Gasteiger charge is 2.30.